The van der Waals surface area contributed by atoms with Gasteiger partial charge in [-0.05, 0) is 43.5 Å². The van der Waals surface area contributed by atoms with E-state index < -0.39 is 0 Å². The number of benzene rings is 1. The van der Waals surface area contributed by atoms with Crippen molar-refractivity contribution in [3.05, 3.63) is 40.4 Å². The molecule has 1 fully saturated rings. The van der Waals surface area contributed by atoms with Crippen molar-refractivity contribution in [3.8, 4) is 0 Å². The average molecular weight is 287 g/mol. The van der Waals surface area contributed by atoms with E-state index in [2.05, 4.69) is 15.6 Å². The predicted molar refractivity (Wildman–Crippen MR) is 82.8 cm³/mol. The van der Waals surface area contributed by atoms with Crippen LogP contribution >= 0.6 is 11.3 Å². The molecule has 1 amide bonds. The lowest BCUT2D eigenvalue weighted by Crippen LogP contribution is -2.12. The molecular formula is C15H17N3OS. The van der Waals surface area contributed by atoms with Gasteiger partial charge in [-0.25, -0.2) is 4.98 Å². The van der Waals surface area contributed by atoms with Gasteiger partial charge in [0.15, 0.2) is 5.13 Å². The van der Waals surface area contributed by atoms with E-state index in [0.29, 0.717) is 16.6 Å². The zero-order chi connectivity index (χ0) is 14.1. The van der Waals surface area contributed by atoms with Gasteiger partial charge in [-0.1, -0.05) is 0 Å². The number of hydrogen-bond acceptors (Lipinski definition) is 4. The summed E-state index contributed by atoms with van der Waals surface area (Å²) in [5, 5.41) is 8.70. The van der Waals surface area contributed by atoms with Gasteiger partial charge in [0.2, 0.25) is 0 Å². The third kappa shape index (κ3) is 2.67. The van der Waals surface area contributed by atoms with Crippen molar-refractivity contribution >= 4 is 28.1 Å². The second-order valence-electron chi connectivity index (χ2n) is 5.09. The summed E-state index contributed by atoms with van der Waals surface area (Å²) in [6.45, 7) is 1.98. The molecule has 1 aromatic carbocycles. The Kier molecular flexibility index (Phi) is 3.44. The fourth-order valence-electron chi connectivity index (χ4n) is 2.16. The monoisotopic (exact) mass is 287 g/mol. The largest absolute Gasteiger partial charge is 0.388 e. The minimum Gasteiger partial charge on any atom is -0.388 e. The van der Waals surface area contributed by atoms with E-state index in [-0.39, 0.29) is 5.91 Å². The molecule has 2 N–H and O–H groups in total. The molecule has 4 nitrogen and oxygen atoms in total. The molecule has 0 spiro atoms. The molecule has 1 heterocycles. The molecule has 1 aliphatic carbocycles. The highest BCUT2D eigenvalue weighted by molar-refractivity contribution is 7.14. The summed E-state index contributed by atoms with van der Waals surface area (Å²) < 4.78 is 0. The van der Waals surface area contributed by atoms with Gasteiger partial charge in [0.05, 0.1) is 5.69 Å². The Morgan fingerprint density at radius 1 is 1.40 bits per heavy atom. The van der Waals surface area contributed by atoms with E-state index in [1.165, 1.54) is 24.2 Å². The highest BCUT2D eigenvalue weighted by Gasteiger charge is 2.26. The van der Waals surface area contributed by atoms with Gasteiger partial charge < -0.3 is 5.32 Å². The van der Waals surface area contributed by atoms with Crippen LogP contribution in [-0.2, 0) is 0 Å². The molecule has 1 saturated carbocycles. The average Bonchev–Trinajstić information content (AvgIpc) is 3.19. The lowest BCUT2D eigenvalue weighted by molar-refractivity contribution is 0.102. The minimum atomic E-state index is -0.104. The van der Waals surface area contributed by atoms with Crippen LogP contribution in [0.4, 0.5) is 10.8 Å². The summed E-state index contributed by atoms with van der Waals surface area (Å²) in [7, 11) is 1.87. The fourth-order valence-corrected chi connectivity index (χ4v) is 2.95. The smallest absolute Gasteiger partial charge is 0.257 e. The number of anilines is 2. The summed E-state index contributed by atoms with van der Waals surface area (Å²) in [4.78, 5) is 16.7. The molecule has 0 saturated heterocycles. The number of hydrogen-bond donors (Lipinski definition) is 2. The summed E-state index contributed by atoms with van der Waals surface area (Å²) in [5.41, 5.74) is 3.86. The minimum absolute atomic E-state index is 0.104. The molecule has 0 bridgehead atoms. The van der Waals surface area contributed by atoms with Crippen LogP contribution in [0.3, 0.4) is 0 Å². The van der Waals surface area contributed by atoms with Gasteiger partial charge in [0.1, 0.15) is 0 Å². The molecule has 0 unspecified atom stereocenters. The Bertz CT molecular complexity index is 646. The van der Waals surface area contributed by atoms with Crippen molar-refractivity contribution in [2.75, 3.05) is 17.7 Å². The maximum atomic E-state index is 12.2. The fraction of sp³-hybridized carbons (Fsp3) is 0.333. The molecule has 0 radical (unpaired) electrons. The third-order valence-corrected chi connectivity index (χ3v) is 4.27. The van der Waals surface area contributed by atoms with Gasteiger partial charge in [0, 0.05) is 29.6 Å². The SMILES string of the molecule is CNc1ccc(C(=O)Nc2nc(C3CC3)cs2)cc1C. The molecule has 2 aromatic rings. The molecule has 0 aliphatic heterocycles. The Morgan fingerprint density at radius 2 is 2.20 bits per heavy atom. The number of carbonyl (C=O) groups is 1. The zero-order valence-electron chi connectivity index (χ0n) is 11.6. The number of rotatable bonds is 4. The quantitative estimate of drug-likeness (QED) is 0.903. The van der Waals surface area contributed by atoms with Crippen LogP contribution in [0.1, 0.15) is 40.4 Å². The van der Waals surface area contributed by atoms with Crippen LogP contribution in [0.25, 0.3) is 0 Å². The maximum Gasteiger partial charge on any atom is 0.257 e. The van der Waals surface area contributed by atoms with E-state index in [1.807, 2.05) is 37.6 Å². The third-order valence-electron chi connectivity index (χ3n) is 3.50. The van der Waals surface area contributed by atoms with Gasteiger partial charge in [0.25, 0.3) is 5.91 Å². The second-order valence-corrected chi connectivity index (χ2v) is 5.94. The molecule has 5 heteroatoms. The topological polar surface area (TPSA) is 54.0 Å². The van der Waals surface area contributed by atoms with Crippen molar-refractivity contribution in [1.29, 1.82) is 0 Å². The van der Waals surface area contributed by atoms with Gasteiger partial charge >= 0.3 is 0 Å². The summed E-state index contributed by atoms with van der Waals surface area (Å²) in [6, 6.07) is 5.63. The molecule has 0 atom stereocenters. The van der Waals surface area contributed by atoms with Crippen LogP contribution in [0.2, 0.25) is 0 Å². The van der Waals surface area contributed by atoms with E-state index in [9.17, 15) is 4.79 Å². The van der Waals surface area contributed by atoms with Gasteiger partial charge in [-0.2, -0.15) is 0 Å². The summed E-state index contributed by atoms with van der Waals surface area (Å²) >= 11 is 1.50. The predicted octanol–water partition coefficient (Wildman–Crippen LogP) is 3.62. The number of nitrogens with one attached hydrogen (secondary N) is 2. The van der Waals surface area contributed by atoms with Crippen LogP contribution in [-0.4, -0.2) is 17.9 Å². The standard InChI is InChI=1S/C15H17N3OS/c1-9-7-11(5-6-12(9)16-2)14(19)18-15-17-13(8-20-15)10-3-4-10/h5-8,10,16H,3-4H2,1-2H3,(H,17,18,19). The van der Waals surface area contributed by atoms with Crippen molar-refractivity contribution in [1.82, 2.24) is 4.98 Å². The molecular weight excluding hydrogens is 270 g/mol. The number of carbonyl (C=O) groups excluding carboxylic acids is 1. The van der Waals surface area contributed by atoms with Crippen molar-refractivity contribution in [3.63, 3.8) is 0 Å². The van der Waals surface area contributed by atoms with E-state index in [4.69, 9.17) is 0 Å². The number of nitrogens with zero attached hydrogens (tertiary/aromatic N) is 1. The van der Waals surface area contributed by atoms with Crippen molar-refractivity contribution in [2.45, 2.75) is 25.7 Å². The first-order valence-corrected chi connectivity index (χ1v) is 7.60. The Balaban J connectivity index is 1.72. The Morgan fingerprint density at radius 3 is 2.85 bits per heavy atom. The maximum absolute atomic E-state index is 12.2. The molecule has 1 aliphatic rings. The lowest BCUT2D eigenvalue weighted by atomic mass is 10.1. The lowest BCUT2D eigenvalue weighted by Gasteiger charge is -2.07. The van der Waals surface area contributed by atoms with Crippen LogP contribution in [0.5, 0.6) is 0 Å². The number of amides is 1. The first kappa shape index (κ1) is 13.1. The van der Waals surface area contributed by atoms with Gasteiger partial charge in [-0.3, -0.25) is 10.1 Å². The molecule has 3 rings (SSSR count). The van der Waals surface area contributed by atoms with Crippen molar-refractivity contribution in [2.24, 2.45) is 0 Å². The van der Waals surface area contributed by atoms with Gasteiger partial charge in [-0.15, -0.1) is 11.3 Å². The second kappa shape index (κ2) is 5.25. The zero-order valence-corrected chi connectivity index (χ0v) is 12.4. The highest BCUT2D eigenvalue weighted by Crippen LogP contribution is 2.40. The Labute approximate surface area is 122 Å². The normalized spacial score (nSPS) is 14.1. The molecule has 20 heavy (non-hydrogen) atoms. The van der Waals surface area contributed by atoms with E-state index in [0.717, 1.165) is 16.9 Å². The number of thiazole rings is 1. The molecule has 104 valence electrons. The highest BCUT2D eigenvalue weighted by atomic mass is 32.1. The number of aryl methyl sites for hydroxylation is 1. The number of aromatic nitrogens is 1. The van der Waals surface area contributed by atoms with Crippen LogP contribution in [0, 0.1) is 6.92 Å². The molecule has 1 aromatic heterocycles. The Hall–Kier alpha value is -1.88. The summed E-state index contributed by atoms with van der Waals surface area (Å²) in [6.07, 6.45) is 2.45. The van der Waals surface area contributed by atoms with Crippen molar-refractivity contribution < 1.29 is 4.79 Å². The van der Waals surface area contributed by atoms with Crippen LogP contribution in [0.15, 0.2) is 23.6 Å². The van der Waals surface area contributed by atoms with E-state index >= 15 is 0 Å². The first-order valence-electron chi connectivity index (χ1n) is 6.72. The first-order chi connectivity index (χ1) is 9.67. The van der Waals surface area contributed by atoms with E-state index in [1.54, 1.807) is 0 Å². The summed E-state index contributed by atoms with van der Waals surface area (Å²) in [5.74, 6) is 0.515. The van der Waals surface area contributed by atoms with Crippen LogP contribution < -0.4 is 10.6 Å².